The Labute approximate surface area is 110 Å². The second-order valence-electron chi connectivity index (χ2n) is 4.97. The van der Waals surface area contributed by atoms with Crippen molar-refractivity contribution >= 4 is 27.4 Å². The number of rotatable bonds is 1. The van der Waals surface area contributed by atoms with Crippen LogP contribution in [0.25, 0.3) is 10.2 Å². The molecule has 0 aromatic carbocycles. The summed E-state index contributed by atoms with van der Waals surface area (Å²) < 4.78 is 0. The number of aromatic nitrogens is 2. The number of thiophene rings is 1. The SMILES string of the molecule is c1nc(N2CCNCC2)c2c3c(sc2n1)CCC3. The monoisotopic (exact) mass is 260 g/mol. The second kappa shape index (κ2) is 4.17. The first kappa shape index (κ1) is 10.7. The van der Waals surface area contributed by atoms with Crippen molar-refractivity contribution in [2.45, 2.75) is 19.3 Å². The molecule has 1 aliphatic carbocycles. The van der Waals surface area contributed by atoms with Crippen LogP contribution in [-0.2, 0) is 12.8 Å². The van der Waals surface area contributed by atoms with E-state index in [-0.39, 0.29) is 0 Å². The smallest absolute Gasteiger partial charge is 0.141 e. The molecule has 2 aromatic heterocycles. The Hall–Kier alpha value is -1.20. The van der Waals surface area contributed by atoms with Crippen LogP contribution in [0, 0.1) is 0 Å². The lowest BCUT2D eigenvalue weighted by atomic mass is 10.1. The van der Waals surface area contributed by atoms with E-state index < -0.39 is 0 Å². The Kier molecular flexibility index (Phi) is 2.48. The minimum Gasteiger partial charge on any atom is -0.353 e. The Morgan fingerprint density at radius 2 is 2.06 bits per heavy atom. The molecule has 0 atom stereocenters. The van der Waals surface area contributed by atoms with E-state index in [1.165, 1.54) is 40.9 Å². The molecule has 0 radical (unpaired) electrons. The topological polar surface area (TPSA) is 41.1 Å². The Morgan fingerprint density at radius 1 is 1.17 bits per heavy atom. The van der Waals surface area contributed by atoms with Crippen LogP contribution in [-0.4, -0.2) is 36.1 Å². The summed E-state index contributed by atoms with van der Waals surface area (Å²) in [6.07, 6.45) is 5.47. The Morgan fingerprint density at radius 3 is 2.94 bits per heavy atom. The fourth-order valence-corrected chi connectivity index (χ4v) is 4.25. The number of hydrogen-bond acceptors (Lipinski definition) is 5. The highest BCUT2D eigenvalue weighted by Gasteiger charge is 2.23. The molecule has 4 rings (SSSR count). The van der Waals surface area contributed by atoms with Gasteiger partial charge in [-0.1, -0.05) is 0 Å². The lowest BCUT2D eigenvalue weighted by Crippen LogP contribution is -2.44. The zero-order chi connectivity index (χ0) is 11.9. The maximum absolute atomic E-state index is 4.57. The summed E-state index contributed by atoms with van der Waals surface area (Å²) in [6, 6.07) is 0. The number of nitrogens with zero attached hydrogens (tertiary/aromatic N) is 3. The third-order valence-electron chi connectivity index (χ3n) is 3.90. The van der Waals surface area contributed by atoms with Crippen LogP contribution in [0.1, 0.15) is 16.9 Å². The number of anilines is 1. The minimum absolute atomic E-state index is 1.05. The van der Waals surface area contributed by atoms with E-state index in [9.17, 15) is 0 Å². The van der Waals surface area contributed by atoms with Gasteiger partial charge in [-0.15, -0.1) is 11.3 Å². The zero-order valence-electron chi connectivity index (χ0n) is 10.3. The van der Waals surface area contributed by atoms with Gasteiger partial charge in [-0.25, -0.2) is 9.97 Å². The van der Waals surface area contributed by atoms with Crippen LogP contribution in [0.15, 0.2) is 6.33 Å². The maximum atomic E-state index is 4.57. The first-order valence-electron chi connectivity index (χ1n) is 6.64. The number of hydrogen-bond donors (Lipinski definition) is 1. The summed E-state index contributed by atoms with van der Waals surface area (Å²) in [5, 5.41) is 4.74. The van der Waals surface area contributed by atoms with E-state index in [2.05, 4.69) is 20.2 Å². The predicted molar refractivity (Wildman–Crippen MR) is 74.5 cm³/mol. The van der Waals surface area contributed by atoms with E-state index in [4.69, 9.17) is 0 Å². The van der Waals surface area contributed by atoms with Gasteiger partial charge in [0.25, 0.3) is 0 Å². The van der Waals surface area contributed by atoms with Gasteiger partial charge in [0.1, 0.15) is 17.0 Å². The van der Waals surface area contributed by atoms with Gasteiger partial charge in [-0.05, 0) is 24.8 Å². The van der Waals surface area contributed by atoms with Crippen LogP contribution in [0.4, 0.5) is 5.82 Å². The summed E-state index contributed by atoms with van der Waals surface area (Å²) >= 11 is 1.87. The first-order chi connectivity index (χ1) is 8.93. The van der Waals surface area contributed by atoms with Crippen LogP contribution in [0.5, 0.6) is 0 Å². The molecule has 0 unspecified atom stereocenters. The highest BCUT2D eigenvalue weighted by atomic mass is 32.1. The van der Waals surface area contributed by atoms with Crippen LogP contribution in [0.3, 0.4) is 0 Å². The molecule has 5 heteroatoms. The average molecular weight is 260 g/mol. The van der Waals surface area contributed by atoms with Gasteiger partial charge in [0.05, 0.1) is 5.39 Å². The van der Waals surface area contributed by atoms with Crippen molar-refractivity contribution in [2.75, 3.05) is 31.1 Å². The van der Waals surface area contributed by atoms with Crippen molar-refractivity contribution < 1.29 is 0 Å². The second-order valence-corrected chi connectivity index (χ2v) is 6.06. The van der Waals surface area contributed by atoms with Gasteiger partial charge in [0.15, 0.2) is 0 Å². The van der Waals surface area contributed by atoms with Crippen molar-refractivity contribution in [3.63, 3.8) is 0 Å². The van der Waals surface area contributed by atoms with E-state index in [1.54, 1.807) is 11.2 Å². The molecule has 2 aromatic rings. The van der Waals surface area contributed by atoms with Crippen LogP contribution in [0.2, 0.25) is 0 Å². The molecule has 3 heterocycles. The maximum Gasteiger partial charge on any atom is 0.141 e. The molecule has 0 amide bonds. The summed E-state index contributed by atoms with van der Waals surface area (Å²) in [5.41, 5.74) is 1.53. The molecule has 1 fully saturated rings. The molecule has 94 valence electrons. The van der Waals surface area contributed by atoms with Crippen molar-refractivity contribution in [2.24, 2.45) is 0 Å². The molecular weight excluding hydrogens is 244 g/mol. The largest absolute Gasteiger partial charge is 0.353 e. The Balaban J connectivity index is 1.88. The lowest BCUT2D eigenvalue weighted by molar-refractivity contribution is 0.586. The molecule has 1 N–H and O–H groups in total. The van der Waals surface area contributed by atoms with E-state index >= 15 is 0 Å². The first-order valence-corrected chi connectivity index (χ1v) is 7.46. The third-order valence-corrected chi connectivity index (χ3v) is 5.10. The zero-order valence-corrected chi connectivity index (χ0v) is 11.1. The number of aryl methyl sites for hydroxylation is 2. The van der Waals surface area contributed by atoms with E-state index in [1.807, 2.05) is 11.3 Å². The number of nitrogens with one attached hydrogen (secondary N) is 1. The number of fused-ring (bicyclic) bond motifs is 3. The van der Waals surface area contributed by atoms with Crippen LogP contribution < -0.4 is 10.2 Å². The molecule has 1 saturated heterocycles. The van der Waals surface area contributed by atoms with Gasteiger partial charge in [0, 0.05) is 31.1 Å². The van der Waals surface area contributed by atoms with E-state index in [0.29, 0.717) is 0 Å². The molecule has 4 nitrogen and oxygen atoms in total. The third kappa shape index (κ3) is 1.54. The Bertz CT molecular complexity index is 586. The number of piperazine rings is 1. The summed E-state index contributed by atoms with van der Waals surface area (Å²) in [4.78, 5) is 14.2. The minimum atomic E-state index is 1.05. The molecule has 1 aliphatic heterocycles. The van der Waals surface area contributed by atoms with Crippen LogP contribution >= 0.6 is 11.3 Å². The molecule has 18 heavy (non-hydrogen) atoms. The molecule has 2 aliphatic rings. The molecule has 0 spiro atoms. The van der Waals surface area contributed by atoms with Crippen molar-refractivity contribution in [1.82, 2.24) is 15.3 Å². The van der Waals surface area contributed by atoms with E-state index in [0.717, 1.165) is 26.2 Å². The highest BCUT2D eigenvalue weighted by Crippen LogP contribution is 2.40. The molecular formula is C13H16N4S. The van der Waals surface area contributed by atoms with Gasteiger partial charge < -0.3 is 10.2 Å². The normalized spacial score (nSPS) is 19.4. The summed E-state index contributed by atoms with van der Waals surface area (Å²) in [6.45, 7) is 4.21. The van der Waals surface area contributed by atoms with Gasteiger partial charge >= 0.3 is 0 Å². The fraction of sp³-hybridized carbons (Fsp3) is 0.538. The lowest BCUT2D eigenvalue weighted by Gasteiger charge is -2.28. The fourth-order valence-electron chi connectivity index (χ4n) is 3.03. The average Bonchev–Trinajstić information content (AvgIpc) is 2.99. The predicted octanol–water partition coefficient (Wildman–Crippen LogP) is 1.59. The standard InChI is InChI=1S/C13H16N4S/c1-2-9-10(3-1)18-13-11(9)12(15-8-16-13)17-6-4-14-5-7-17/h8,14H,1-7H2. The van der Waals surface area contributed by atoms with Gasteiger partial charge in [0.2, 0.25) is 0 Å². The van der Waals surface area contributed by atoms with Gasteiger partial charge in [-0.3, -0.25) is 0 Å². The van der Waals surface area contributed by atoms with Crippen molar-refractivity contribution in [3.05, 3.63) is 16.8 Å². The van der Waals surface area contributed by atoms with Crippen molar-refractivity contribution in [3.8, 4) is 0 Å². The summed E-state index contributed by atoms with van der Waals surface area (Å²) in [5.74, 6) is 1.17. The highest BCUT2D eigenvalue weighted by molar-refractivity contribution is 7.19. The molecule has 0 bridgehead atoms. The van der Waals surface area contributed by atoms with Gasteiger partial charge in [-0.2, -0.15) is 0 Å². The quantitative estimate of drug-likeness (QED) is 0.845. The molecule has 0 saturated carbocycles. The van der Waals surface area contributed by atoms with Crippen molar-refractivity contribution in [1.29, 1.82) is 0 Å². The summed E-state index contributed by atoms with van der Waals surface area (Å²) in [7, 11) is 0.